The fourth-order valence-corrected chi connectivity index (χ4v) is 4.35. The average Bonchev–Trinajstić information content (AvgIpc) is 2.60. The quantitative estimate of drug-likeness (QED) is 0.446. The van der Waals surface area contributed by atoms with Crippen molar-refractivity contribution in [3.05, 3.63) is 58.7 Å². The summed E-state index contributed by atoms with van der Waals surface area (Å²) in [5, 5.41) is 0. The van der Waals surface area contributed by atoms with Gasteiger partial charge >= 0.3 is 7.82 Å². The number of benzene rings is 2. The number of phosphoric acid groups is 1. The van der Waals surface area contributed by atoms with Gasteiger partial charge in [-0.15, -0.1) is 0 Å². The van der Waals surface area contributed by atoms with Gasteiger partial charge in [0.05, 0.1) is 0 Å². The molecule has 0 aromatic heterocycles. The van der Waals surface area contributed by atoms with Gasteiger partial charge in [-0.2, -0.15) is 0 Å². The smallest absolute Gasteiger partial charge is 0.395 e. The van der Waals surface area contributed by atoms with Gasteiger partial charge < -0.3 is 9.05 Å². The van der Waals surface area contributed by atoms with Crippen LogP contribution in [0.15, 0.2) is 36.4 Å². The summed E-state index contributed by atoms with van der Waals surface area (Å²) in [6.07, 6.45) is 0. The Kier molecular flexibility index (Phi) is 7.59. The predicted molar refractivity (Wildman–Crippen MR) is 120 cm³/mol. The zero-order chi connectivity index (χ0) is 21.9. The second-order valence-corrected chi connectivity index (χ2v) is 10.1. The summed E-state index contributed by atoms with van der Waals surface area (Å²) in [5.41, 5.74) is 3.59. The summed E-state index contributed by atoms with van der Waals surface area (Å²) in [6, 6.07) is 11.7. The molecule has 0 saturated heterocycles. The molecule has 1 N–H and O–H groups in total. The van der Waals surface area contributed by atoms with Gasteiger partial charge in [-0.1, -0.05) is 91.8 Å². The highest BCUT2D eigenvalue weighted by atomic mass is 31.2. The first-order chi connectivity index (χ1) is 13.4. The van der Waals surface area contributed by atoms with Crippen molar-refractivity contribution >= 4 is 7.82 Å². The van der Waals surface area contributed by atoms with E-state index in [1.54, 1.807) is 0 Å². The highest BCUT2D eigenvalue weighted by molar-refractivity contribution is 7.48. The Balaban J connectivity index is 2.52. The molecule has 0 radical (unpaired) electrons. The van der Waals surface area contributed by atoms with Crippen LogP contribution in [0.1, 0.15) is 101 Å². The summed E-state index contributed by atoms with van der Waals surface area (Å²) < 4.78 is 24.7. The van der Waals surface area contributed by atoms with E-state index in [-0.39, 0.29) is 23.7 Å². The van der Waals surface area contributed by atoms with E-state index in [1.807, 2.05) is 91.8 Å². The van der Waals surface area contributed by atoms with Crippen molar-refractivity contribution in [1.29, 1.82) is 0 Å². The third-order valence-corrected chi connectivity index (χ3v) is 5.88. The number of phosphoric ester groups is 1. The molecule has 0 saturated carbocycles. The van der Waals surface area contributed by atoms with Crippen molar-refractivity contribution < 1.29 is 18.5 Å². The molecule has 0 amide bonds. The summed E-state index contributed by atoms with van der Waals surface area (Å²) in [6.45, 7) is 16.3. The van der Waals surface area contributed by atoms with Gasteiger partial charge in [-0.05, 0) is 45.9 Å². The standard InChI is InChI=1S/C24H35O4P/c1-15(2)19-11-9-12-20(16(3)4)23(19)27-29(25,26)28-24-21(17(5)6)13-10-14-22(24)18(7)8/h9-18H,1-8H3,(H,25,26). The molecule has 0 spiro atoms. The molecule has 0 heterocycles. The Morgan fingerprint density at radius 1 is 0.621 bits per heavy atom. The maximum absolute atomic E-state index is 13.2. The molecule has 5 heteroatoms. The average molecular weight is 419 g/mol. The number of rotatable bonds is 8. The van der Waals surface area contributed by atoms with E-state index in [4.69, 9.17) is 9.05 Å². The van der Waals surface area contributed by atoms with E-state index in [0.29, 0.717) is 11.5 Å². The molecule has 0 unspecified atom stereocenters. The minimum atomic E-state index is -4.40. The zero-order valence-electron chi connectivity index (χ0n) is 18.9. The molecule has 0 aliphatic carbocycles. The van der Waals surface area contributed by atoms with E-state index in [1.165, 1.54) is 0 Å². The summed E-state index contributed by atoms with van der Waals surface area (Å²) in [7, 11) is -4.40. The van der Waals surface area contributed by atoms with Crippen LogP contribution in [0.2, 0.25) is 0 Å². The van der Waals surface area contributed by atoms with E-state index in [0.717, 1.165) is 22.3 Å². The third kappa shape index (κ3) is 5.65. The minimum Gasteiger partial charge on any atom is -0.395 e. The van der Waals surface area contributed by atoms with Gasteiger partial charge in [-0.25, -0.2) is 4.57 Å². The van der Waals surface area contributed by atoms with E-state index in [9.17, 15) is 9.46 Å². The van der Waals surface area contributed by atoms with Gasteiger partial charge in [0, 0.05) is 0 Å². The van der Waals surface area contributed by atoms with Crippen molar-refractivity contribution in [3.8, 4) is 11.5 Å². The molecule has 160 valence electrons. The van der Waals surface area contributed by atoms with Crippen molar-refractivity contribution in [2.24, 2.45) is 0 Å². The van der Waals surface area contributed by atoms with Crippen LogP contribution in [0.3, 0.4) is 0 Å². The normalized spacial score (nSPS) is 12.3. The van der Waals surface area contributed by atoms with Gasteiger partial charge in [-0.3, -0.25) is 4.89 Å². The van der Waals surface area contributed by atoms with Crippen LogP contribution < -0.4 is 9.05 Å². The first-order valence-corrected chi connectivity index (χ1v) is 11.9. The van der Waals surface area contributed by atoms with Crippen molar-refractivity contribution in [1.82, 2.24) is 0 Å². The molecular formula is C24H35O4P. The maximum atomic E-state index is 13.2. The Morgan fingerprint density at radius 2 is 0.862 bits per heavy atom. The van der Waals surface area contributed by atoms with Crippen LogP contribution in [-0.2, 0) is 4.57 Å². The van der Waals surface area contributed by atoms with Gasteiger partial charge in [0.25, 0.3) is 0 Å². The lowest BCUT2D eigenvalue weighted by atomic mass is 9.94. The fraction of sp³-hybridized carbons (Fsp3) is 0.500. The lowest BCUT2D eigenvalue weighted by Gasteiger charge is -2.24. The lowest BCUT2D eigenvalue weighted by molar-refractivity contribution is 0.285. The Bertz CT molecular complexity index is 762. The van der Waals surface area contributed by atoms with Crippen LogP contribution in [0, 0.1) is 0 Å². The van der Waals surface area contributed by atoms with E-state index in [2.05, 4.69) is 0 Å². The van der Waals surface area contributed by atoms with Crippen LogP contribution >= 0.6 is 7.82 Å². The predicted octanol–water partition coefficient (Wildman–Crippen LogP) is 7.74. The maximum Gasteiger partial charge on any atom is 0.584 e. The van der Waals surface area contributed by atoms with Crippen LogP contribution in [0.5, 0.6) is 11.5 Å². The second kappa shape index (κ2) is 9.36. The third-order valence-electron chi connectivity index (χ3n) is 5.05. The van der Waals surface area contributed by atoms with Crippen molar-refractivity contribution in [2.75, 3.05) is 0 Å². The van der Waals surface area contributed by atoms with E-state index >= 15 is 0 Å². The van der Waals surface area contributed by atoms with Crippen LogP contribution in [0.4, 0.5) is 0 Å². The largest absolute Gasteiger partial charge is 0.584 e. The highest BCUT2D eigenvalue weighted by Gasteiger charge is 2.31. The molecular weight excluding hydrogens is 383 g/mol. The van der Waals surface area contributed by atoms with Gasteiger partial charge in [0.2, 0.25) is 0 Å². The van der Waals surface area contributed by atoms with Gasteiger partial charge in [0.1, 0.15) is 11.5 Å². The van der Waals surface area contributed by atoms with Crippen LogP contribution in [-0.4, -0.2) is 4.89 Å². The molecule has 0 aliphatic heterocycles. The lowest BCUT2D eigenvalue weighted by Crippen LogP contribution is -2.08. The van der Waals surface area contributed by atoms with Crippen molar-refractivity contribution in [2.45, 2.75) is 79.1 Å². The highest BCUT2D eigenvalue weighted by Crippen LogP contribution is 2.51. The van der Waals surface area contributed by atoms with Crippen LogP contribution in [0.25, 0.3) is 0 Å². The number of hydrogen-bond acceptors (Lipinski definition) is 3. The molecule has 0 atom stereocenters. The molecule has 0 bridgehead atoms. The Labute approximate surface area is 175 Å². The molecule has 29 heavy (non-hydrogen) atoms. The molecule has 0 fully saturated rings. The van der Waals surface area contributed by atoms with E-state index < -0.39 is 7.82 Å². The summed E-state index contributed by atoms with van der Waals surface area (Å²) >= 11 is 0. The molecule has 0 aliphatic rings. The second-order valence-electron chi connectivity index (χ2n) is 8.80. The monoisotopic (exact) mass is 418 g/mol. The SMILES string of the molecule is CC(C)c1cccc(C(C)C)c1OP(=O)(O)Oc1c(C(C)C)cccc1C(C)C. The molecule has 2 aromatic rings. The molecule has 2 rings (SSSR count). The Hall–Kier alpha value is -1.77. The molecule has 4 nitrogen and oxygen atoms in total. The minimum absolute atomic E-state index is 0.151. The fourth-order valence-electron chi connectivity index (χ4n) is 3.43. The summed E-state index contributed by atoms with van der Waals surface area (Å²) in [5.74, 6) is 1.51. The summed E-state index contributed by atoms with van der Waals surface area (Å²) in [4.78, 5) is 10.8. The van der Waals surface area contributed by atoms with Crippen molar-refractivity contribution in [3.63, 3.8) is 0 Å². The zero-order valence-corrected chi connectivity index (χ0v) is 19.8. The number of hydrogen-bond donors (Lipinski definition) is 1. The van der Waals surface area contributed by atoms with Gasteiger partial charge in [0.15, 0.2) is 0 Å². The first-order valence-electron chi connectivity index (χ1n) is 10.4. The Morgan fingerprint density at radius 3 is 1.07 bits per heavy atom. The first kappa shape index (κ1) is 23.5. The topological polar surface area (TPSA) is 55.8 Å². The number of para-hydroxylation sites is 2. The molecule has 2 aromatic carbocycles.